The fourth-order valence-electron chi connectivity index (χ4n) is 5.61. The highest BCUT2D eigenvalue weighted by Gasteiger charge is 2.24. The third-order valence-corrected chi connectivity index (χ3v) is 8.45. The Balaban J connectivity index is 1.41. The summed E-state index contributed by atoms with van der Waals surface area (Å²) < 4.78 is 0.871. The summed E-state index contributed by atoms with van der Waals surface area (Å²) in [5.74, 6) is -3.46. The highest BCUT2D eigenvalue weighted by molar-refractivity contribution is 5.96. The number of amides is 3. The first kappa shape index (κ1) is 39.9. The zero-order valence-electron chi connectivity index (χ0n) is 28.9. The smallest absolute Gasteiger partial charge is 0.283 e. The number of rotatable bonds is 18. The summed E-state index contributed by atoms with van der Waals surface area (Å²) in [5.41, 5.74) is -4.38. The van der Waals surface area contributed by atoms with Gasteiger partial charge in [0.25, 0.3) is 40.0 Å². The van der Waals surface area contributed by atoms with Crippen LogP contribution in [0, 0.1) is 5.92 Å². The molecule has 1 atom stereocenters. The minimum atomic E-state index is -0.832. The predicted molar refractivity (Wildman–Crippen MR) is 188 cm³/mol. The molecule has 0 radical (unpaired) electrons. The number of nitrogens with zero attached hydrogens (tertiary/aromatic N) is 5. The van der Waals surface area contributed by atoms with Crippen molar-refractivity contribution in [2.75, 3.05) is 26.2 Å². The first-order valence-corrected chi connectivity index (χ1v) is 16.9. The van der Waals surface area contributed by atoms with Gasteiger partial charge in [-0.15, -0.1) is 18.9 Å². The van der Waals surface area contributed by atoms with Crippen LogP contribution >= 0.6 is 0 Å². The number of unbranched alkanes of at least 4 members (excludes halogenated alkanes) is 1. The van der Waals surface area contributed by atoms with Gasteiger partial charge in [0.2, 0.25) is 0 Å². The van der Waals surface area contributed by atoms with Crippen molar-refractivity contribution < 1.29 is 40.0 Å². The molecule has 0 aromatic carbocycles. The van der Waals surface area contributed by atoms with Crippen molar-refractivity contribution in [3.63, 3.8) is 0 Å². The van der Waals surface area contributed by atoms with Crippen molar-refractivity contribution >= 4 is 23.5 Å². The average Bonchev–Trinajstić information content (AvgIpc) is 3.15. The number of Topliss-reactive ketones (excluding diaryl/α,β-unsaturated/α-hetero) is 1. The number of hydrogen-bond donors (Lipinski definition) is 6. The molecule has 0 saturated heterocycles. The van der Waals surface area contributed by atoms with Crippen LogP contribution in [0.25, 0.3) is 0 Å². The number of nitrogens with one attached hydrogen (secondary N) is 2. The number of carbonyl (C=O) groups is 4. The Morgan fingerprint density at radius 2 is 0.907 bits per heavy atom. The number of aromatic nitrogens is 4. The molecule has 54 heavy (non-hydrogen) atoms. The van der Waals surface area contributed by atoms with Crippen LogP contribution in [0.3, 0.4) is 0 Å². The summed E-state index contributed by atoms with van der Waals surface area (Å²) >= 11 is 0. The van der Waals surface area contributed by atoms with Gasteiger partial charge in [-0.3, -0.25) is 38.4 Å². The molecule has 19 heteroatoms. The number of ketones is 1. The van der Waals surface area contributed by atoms with Gasteiger partial charge in [-0.2, -0.15) is 0 Å². The van der Waals surface area contributed by atoms with E-state index in [2.05, 4.69) is 10.6 Å². The van der Waals surface area contributed by atoms with E-state index in [4.69, 9.17) is 0 Å². The molecule has 0 bridgehead atoms. The minimum Gasteiger partial charge on any atom is -0.425 e. The molecular weight excluding hydrogens is 710 g/mol. The van der Waals surface area contributed by atoms with Gasteiger partial charge in [-0.05, 0) is 56.4 Å². The normalized spacial score (nSPS) is 11.4. The Morgan fingerprint density at radius 3 is 1.43 bits per heavy atom. The van der Waals surface area contributed by atoms with Crippen molar-refractivity contribution in [2.45, 2.75) is 38.5 Å². The third-order valence-electron chi connectivity index (χ3n) is 8.45. The molecule has 0 saturated carbocycles. The molecule has 0 spiro atoms. The molecule has 4 rings (SSSR count). The highest BCUT2D eigenvalue weighted by Crippen LogP contribution is 2.21. The lowest BCUT2D eigenvalue weighted by Gasteiger charge is -2.24. The van der Waals surface area contributed by atoms with E-state index < -0.39 is 51.7 Å². The van der Waals surface area contributed by atoms with Crippen LogP contribution < -0.4 is 32.9 Å². The zero-order valence-corrected chi connectivity index (χ0v) is 28.9. The van der Waals surface area contributed by atoms with Gasteiger partial charge in [0.05, 0.1) is 0 Å². The second-order valence-electron chi connectivity index (χ2n) is 12.1. The van der Waals surface area contributed by atoms with E-state index in [1.807, 2.05) is 0 Å². The average molecular weight is 750 g/mol. The second kappa shape index (κ2) is 18.5. The van der Waals surface area contributed by atoms with Crippen LogP contribution in [0.2, 0.25) is 0 Å². The Morgan fingerprint density at radius 1 is 0.519 bits per heavy atom. The SMILES string of the molecule is O=C(NCCCC(CCCCN(CCCNC(=O)c1cccc(=O)n1O)C(=O)c1cccc(=O)n1O)C(=O)c1cccc(=O)n1O)c1cccc(=O)n1O. The molecule has 0 fully saturated rings. The maximum Gasteiger partial charge on any atom is 0.283 e. The summed E-state index contributed by atoms with van der Waals surface area (Å²) in [6, 6.07) is 14.6. The van der Waals surface area contributed by atoms with E-state index in [1.54, 1.807) is 0 Å². The van der Waals surface area contributed by atoms with Crippen LogP contribution in [0.4, 0.5) is 0 Å². The largest absolute Gasteiger partial charge is 0.425 e. The lowest BCUT2D eigenvalue weighted by atomic mass is 9.90. The van der Waals surface area contributed by atoms with E-state index >= 15 is 0 Å². The molecular formula is C35H39N7O12. The van der Waals surface area contributed by atoms with Crippen molar-refractivity contribution in [3.8, 4) is 0 Å². The van der Waals surface area contributed by atoms with E-state index in [1.165, 1.54) is 53.4 Å². The Kier molecular flexibility index (Phi) is 13.7. The van der Waals surface area contributed by atoms with Gasteiger partial charge >= 0.3 is 0 Å². The van der Waals surface area contributed by atoms with Crippen molar-refractivity contribution in [1.82, 2.24) is 34.5 Å². The van der Waals surface area contributed by atoms with Crippen LogP contribution in [0.5, 0.6) is 0 Å². The Bertz CT molecular complexity index is 2080. The topological polar surface area (TPSA) is 264 Å². The Hall–Kier alpha value is -6.92. The molecule has 0 aliphatic rings. The zero-order chi connectivity index (χ0) is 39.4. The number of pyridine rings is 4. The first-order valence-electron chi connectivity index (χ1n) is 16.9. The summed E-state index contributed by atoms with van der Waals surface area (Å²) in [5, 5.41) is 45.3. The van der Waals surface area contributed by atoms with Crippen molar-refractivity contribution in [1.29, 1.82) is 0 Å². The standard InChI is InChI=1S/C35H39N7O12/c43-28-15-3-11-24(39(28)51)32(47)23(10-7-19-36-33(48)25-12-4-16-29(44)40(25)52)9-1-2-21-38(35(50)27-14-6-18-31(46)42(27)54)22-8-20-37-34(49)26-13-5-17-30(45)41(26)53/h3-6,11-18,23,51-54H,1-2,7-10,19-22H2,(H,36,48)(H,37,49). The molecule has 0 aliphatic carbocycles. The van der Waals surface area contributed by atoms with Gasteiger partial charge in [0, 0.05) is 56.4 Å². The summed E-state index contributed by atoms with van der Waals surface area (Å²) in [7, 11) is 0. The quantitative estimate of drug-likeness (QED) is 0.0460. The lowest BCUT2D eigenvalue weighted by molar-refractivity contribution is 0.0685. The van der Waals surface area contributed by atoms with E-state index in [9.17, 15) is 59.2 Å². The highest BCUT2D eigenvalue weighted by atomic mass is 16.5. The van der Waals surface area contributed by atoms with E-state index in [0.29, 0.717) is 12.8 Å². The first-order chi connectivity index (χ1) is 25.8. The summed E-state index contributed by atoms with van der Waals surface area (Å²) in [6.07, 6.45) is 1.50. The van der Waals surface area contributed by atoms with E-state index in [-0.39, 0.29) is 93.6 Å². The van der Waals surface area contributed by atoms with Crippen LogP contribution in [-0.2, 0) is 0 Å². The van der Waals surface area contributed by atoms with Crippen LogP contribution in [0.1, 0.15) is 80.5 Å². The molecule has 4 heterocycles. The van der Waals surface area contributed by atoms with Crippen molar-refractivity contribution in [2.24, 2.45) is 5.92 Å². The van der Waals surface area contributed by atoms with Gasteiger partial charge < -0.3 is 36.4 Å². The van der Waals surface area contributed by atoms with Gasteiger partial charge in [-0.25, -0.2) is 0 Å². The fourth-order valence-corrected chi connectivity index (χ4v) is 5.61. The van der Waals surface area contributed by atoms with Crippen LogP contribution in [-0.4, -0.2) is 94.3 Å². The maximum absolute atomic E-state index is 13.5. The van der Waals surface area contributed by atoms with Gasteiger partial charge in [-0.1, -0.05) is 30.7 Å². The second-order valence-corrected chi connectivity index (χ2v) is 12.1. The molecule has 4 aromatic rings. The molecule has 1 unspecified atom stereocenters. The summed E-state index contributed by atoms with van der Waals surface area (Å²) in [4.78, 5) is 101. The van der Waals surface area contributed by atoms with E-state index in [0.717, 1.165) is 24.3 Å². The third kappa shape index (κ3) is 9.90. The predicted octanol–water partition coefficient (Wildman–Crippen LogP) is 0.425. The van der Waals surface area contributed by atoms with Crippen molar-refractivity contribution in [3.05, 3.63) is 137 Å². The molecule has 4 aromatic heterocycles. The number of carbonyl (C=O) groups excluding carboxylic acids is 4. The number of hydrogen-bond acceptors (Lipinski definition) is 12. The van der Waals surface area contributed by atoms with Gasteiger partial charge in [0.15, 0.2) is 5.78 Å². The molecule has 3 amide bonds. The monoisotopic (exact) mass is 749 g/mol. The molecule has 0 aliphatic heterocycles. The molecule has 286 valence electrons. The molecule has 19 nitrogen and oxygen atoms in total. The summed E-state index contributed by atoms with van der Waals surface area (Å²) in [6.45, 7) is 0.179. The minimum absolute atomic E-state index is 0.0140. The maximum atomic E-state index is 13.5. The molecule has 6 N–H and O–H groups in total. The lowest BCUT2D eigenvalue weighted by Crippen LogP contribution is -2.38. The Labute approximate surface area is 305 Å². The van der Waals surface area contributed by atoms with Crippen LogP contribution in [0.15, 0.2) is 92.0 Å². The fraction of sp³-hybridized carbons (Fsp3) is 0.314. The van der Waals surface area contributed by atoms with Gasteiger partial charge in [0.1, 0.15) is 22.8 Å².